The lowest BCUT2D eigenvalue weighted by Crippen LogP contribution is -2.47. The number of hydrazine groups is 1. The van der Waals surface area contributed by atoms with Crippen LogP contribution in [0, 0.1) is 12.8 Å². The zero-order chi connectivity index (χ0) is 18.1. The Hall–Kier alpha value is -1.22. The second kappa shape index (κ2) is 8.86. The number of halogens is 2. The minimum absolute atomic E-state index is 0. The van der Waals surface area contributed by atoms with Gasteiger partial charge in [0.1, 0.15) is 6.04 Å². The lowest BCUT2D eigenvalue weighted by atomic mass is 9.89. The summed E-state index contributed by atoms with van der Waals surface area (Å²) in [5.41, 5.74) is 8.48. The number of benzene rings is 1. The molecule has 146 valence electrons. The quantitative estimate of drug-likeness (QED) is 0.602. The second-order valence-corrected chi connectivity index (χ2v) is 8.37. The van der Waals surface area contributed by atoms with Gasteiger partial charge in [-0.05, 0) is 37.6 Å². The summed E-state index contributed by atoms with van der Waals surface area (Å²) >= 11 is 7.59. The molecule has 1 aromatic carbocycles. The third-order valence-corrected chi connectivity index (χ3v) is 6.35. The Bertz CT molecular complexity index is 815. The molecule has 9 heteroatoms. The minimum Gasteiger partial charge on any atom is -0.316 e. The summed E-state index contributed by atoms with van der Waals surface area (Å²) in [6, 6.07) is 7.93. The predicted molar refractivity (Wildman–Crippen MR) is 112 cm³/mol. The van der Waals surface area contributed by atoms with Gasteiger partial charge in [-0.2, -0.15) is 0 Å². The summed E-state index contributed by atoms with van der Waals surface area (Å²) < 4.78 is 0. The number of hydrogen-bond donors (Lipinski definition) is 4. The van der Waals surface area contributed by atoms with Gasteiger partial charge in [-0.25, -0.2) is 10.4 Å². The molecule has 3 unspecified atom stereocenters. The number of nitrogens with one attached hydrogen (secondary N) is 4. The molecule has 0 radical (unpaired) electrons. The van der Waals surface area contributed by atoms with E-state index >= 15 is 0 Å². The summed E-state index contributed by atoms with van der Waals surface area (Å²) in [6.07, 6.45) is 1.79. The van der Waals surface area contributed by atoms with Gasteiger partial charge in [0.25, 0.3) is 0 Å². The van der Waals surface area contributed by atoms with Gasteiger partial charge in [0.05, 0.1) is 5.69 Å². The van der Waals surface area contributed by atoms with E-state index in [9.17, 15) is 4.79 Å². The maximum atomic E-state index is 12.7. The number of carbonyl (C=O) groups excluding carboxylic acids is 1. The Kier molecular flexibility index (Phi) is 6.73. The number of nitrogens with zero attached hydrogens (tertiary/aromatic N) is 1. The van der Waals surface area contributed by atoms with Gasteiger partial charge in [0.2, 0.25) is 5.91 Å². The van der Waals surface area contributed by atoms with Crippen LogP contribution in [0.1, 0.15) is 22.6 Å². The van der Waals surface area contributed by atoms with Crippen molar-refractivity contribution in [3.8, 4) is 0 Å². The van der Waals surface area contributed by atoms with E-state index in [1.165, 1.54) is 11.3 Å². The van der Waals surface area contributed by atoms with Gasteiger partial charge in [-0.1, -0.05) is 23.7 Å². The van der Waals surface area contributed by atoms with Crippen molar-refractivity contribution in [2.75, 3.05) is 18.4 Å². The molecular weight excluding hydrogens is 405 g/mol. The maximum Gasteiger partial charge on any atom is 0.245 e. The highest BCUT2D eigenvalue weighted by molar-refractivity contribution is 7.15. The number of aromatic nitrogens is 1. The van der Waals surface area contributed by atoms with Crippen molar-refractivity contribution < 1.29 is 4.79 Å². The largest absolute Gasteiger partial charge is 0.316 e. The first-order valence-electron chi connectivity index (χ1n) is 8.83. The predicted octanol–water partition coefficient (Wildman–Crippen LogP) is 2.51. The molecule has 1 amide bonds. The van der Waals surface area contributed by atoms with E-state index in [-0.39, 0.29) is 30.3 Å². The van der Waals surface area contributed by atoms with Crippen molar-refractivity contribution in [2.24, 2.45) is 5.92 Å². The van der Waals surface area contributed by atoms with Gasteiger partial charge < -0.3 is 10.6 Å². The lowest BCUT2D eigenvalue weighted by Gasteiger charge is -2.27. The van der Waals surface area contributed by atoms with Gasteiger partial charge in [0.15, 0.2) is 5.13 Å². The molecule has 27 heavy (non-hydrogen) atoms. The van der Waals surface area contributed by atoms with E-state index in [0.29, 0.717) is 11.2 Å². The fourth-order valence-electron chi connectivity index (χ4n) is 3.64. The first-order valence-corrected chi connectivity index (χ1v) is 10.0. The van der Waals surface area contributed by atoms with E-state index in [1.807, 2.05) is 31.2 Å². The molecule has 2 aromatic rings. The number of amides is 1. The zero-order valence-corrected chi connectivity index (χ0v) is 17.3. The highest BCUT2D eigenvalue weighted by atomic mass is 35.5. The molecule has 4 rings (SSSR count). The standard InChI is InChI=1S/C18H22ClN5OS.ClH/c1-10-15(8-11-3-2-4-12(19)7-11)26-18(21-10)22-17(25)16-13-9-20-6-5-14(13)23-24-16;/h2-4,7,13-14,16,20,23-24H,5-6,8-9H2,1H3,(H,21,22,25);1H. The van der Waals surface area contributed by atoms with Gasteiger partial charge >= 0.3 is 0 Å². The molecule has 2 fully saturated rings. The molecule has 2 aliphatic rings. The third kappa shape index (κ3) is 4.62. The second-order valence-electron chi connectivity index (χ2n) is 6.85. The molecule has 2 saturated heterocycles. The molecule has 0 spiro atoms. The topological polar surface area (TPSA) is 78.1 Å². The Labute approximate surface area is 173 Å². The van der Waals surface area contributed by atoms with E-state index < -0.39 is 0 Å². The maximum absolute atomic E-state index is 12.7. The molecule has 6 nitrogen and oxygen atoms in total. The van der Waals surface area contributed by atoms with Crippen LogP contribution in [0.3, 0.4) is 0 Å². The molecule has 2 aliphatic heterocycles. The molecule has 0 aliphatic carbocycles. The number of anilines is 1. The van der Waals surface area contributed by atoms with E-state index in [1.54, 1.807) is 0 Å². The fraction of sp³-hybridized carbons (Fsp3) is 0.444. The highest BCUT2D eigenvalue weighted by Gasteiger charge is 2.41. The molecule has 3 atom stereocenters. The molecule has 0 bridgehead atoms. The van der Waals surface area contributed by atoms with Gasteiger partial charge in [-0.15, -0.1) is 23.7 Å². The Balaban J connectivity index is 0.00000210. The summed E-state index contributed by atoms with van der Waals surface area (Å²) in [4.78, 5) is 18.4. The SMILES string of the molecule is Cc1nc(NC(=O)C2NNC3CCNCC32)sc1Cc1cccc(Cl)c1.Cl. The van der Waals surface area contributed by atoms with E-state index in [4.69, 9.17) is 11.6 Å². The van der Waals surface area contributed by atoms with Crippen LogP contribution in [-0.2, 0) is 11.2 Å². The van der Waals surface area contributed by atoms with Crippen molar-refractivity contribution in [3.63, 3.8) is 0 Å². The van der Waals surface area contributed by atoms with E-state index in [2.05, 4.69) is 26.5 Å². The van der Waals surface area contributed by atoms with Crippen molar-refractivity contribution in [1.29, 1.82) is 0 Å². The van der Waals surface area contributed by atoms with Crippen LogP contribution in [0.2, 0.25) is 5.02 Å². The summed E-state index contributed by atoms with van der Waals surface area (Å²) in [6.45, 7) is 3.81. The zero-order valence-electron chi connectivity index (χ0n) is 14.9. The molecule has 0 saturated carbocycles. The summed E-state index contributed by atoms with van der Waals surface area (Å²) in [5.74, 6) is 0.229. The molecule has 4 N–H and O–H groups in total. The number of carbonyl (C=O) groups is 1. The lowest BCUT2D eigenvalue weighted by molar-refractivity contribution is -0.118. The number of aryl methyl sites for hydroxylation is 1. The number of thiazole rings is 1. The summed E-state index contributed by atoms with van der Waals surface area (Å²) in [5, 5.41) is 7.74. The Morgan fingerprint density at radius 1 is 1.41 bits per heavy atom. The minimum atomic E-state index is -0.242. The van der Waals surface area contributed by atoms with Crippen molar-refractivity contribution in [1.82, 2.24) is 21.2 Å². The van der Waals surface area contributed by atoms with E-state index in [0.717, 1.165) is 47.1 Å². The van der Waals surface area contributed by atoms with Crippen LogP contribution in [-0.4, -0.2) is 36.1 Å². The van der Waals surface area contributed by atoms with Crippen molar-refractivity contribution in [2.45, 2.75) is 31.8 Å². The van der Waals surface area contributed by atoms with Gasteiger partial charge in [-0.3, -0.25) is 10.2 Å². The number of rotatable bonds is 4. The molecule has 3 heterocycles. The van der Waals surface area contributed by atoms with Crippen molar-refractivity contribution >= 4 is 46.4 Å². The fourth-order valence-corrected chi connectivity index (χ4v) is 4.85. The van der Waals surface area contributed by atoms with Gasteiger partial charge in [0, 0.05) is 34.8 Å². The Morgan fingerprint density at radius 2 is 2.26 bits per heavy atom. The van der Waals surface area contributed by atoms with Crippen LogP contribution in [0.15, 0.2) is 24.3 Å². The summed E-state index contributed by atoms with van der Waals surface area (Å²) in [7, 11) is 0. The monoisotopic (exact) mass is 427 g/mol. The normalized spacial score (nSPS) is 24.1. The van der Waals surface area contributed by atoms with Crippen molar-refractivity contribution in [3.05, 3.63) is 45.4 Å². The van der Waals surface area contributed by atoms with Crippen LogP contribution in [0.25, 0.3) is 0 Å². The molecular formula is C18H23Cl2N5OS. The van der Waals surface area contributed by atoms with Crippen LogP contribution >= 0.6 is 35.3 Å². The third-order valence-electron chi connectivity index (χ3n) is 5.04. The number of hydrogen-bond acceptors (Lipinski definition) is 6. The average molecular weight is 428 g/mol. The smallest absolute Gasteiger partial charge is 0.245 e. The number of fused-ring (bicyclic) bond motifs is 1. The average Bonchev–Trinajstić information content (AvgIpc) is 3.19. The van der Waals surface area contributed by atoms with Crippen LogP contribution < -0.4 is 21.5 Å². The molecule has 1 aromatic heterocycles. The first-order chi connectivity index (χ1) is 12.6. The Morgan fingerprint density at radius 3 is 3.07 bits per heavy atom. The van der Waals surface area contributed by atoms with Crippen LogP contribution in [0.4, 0.5) is 5.13 Å². The van der Waals surface area contributed by atoms with Crippen LogP contribution in [0.5, 0.6) is 0 Å². The highest BCUT2D eigenvalue weighted by Crippen LogP contribution is 2.27. The first kappa shape index (κ1) is 20.5. The number of piperidine rings is 1.